The molecule has 0 aliphatic carbocycles. The van der Waals surface area contributed by atoms with E-state index in [0.29, 0.717) is 24.7 Å². The molecule has 25 heavy (non-hydrogen) atoms. The van der Waals surface area contributed by atoms with E-state index in [-0.39, 0.29) is 35.8 Å². The number of rotatable bonds is 3. The number of guanidine groups is 1. The molecule has 7 heteroatoms. The number of nitrogens with zero attached hydrogens (tertiary/aromatic N) is 1. The molecule has 0 aromatic heterocycles. The van der Waals surface area contributed by atoms with Crippen LogP contribution in [-0.4, -0.2) is 19.6 Å². The Morgan fingerprint density at radius 3 is 2.88 bits per heavy atom. The zero-order valence-electron chi connectivity index (χ0n) is 13.8. The predicted molar refractivity (Wildman–Crippen MR) is 112 cm³/mol. The number of nitrogens with one attached hydrogen (secondary N) is 2. The van der Waals surface area contributed by atoms with Gasteiger partial charge in [0.25, 0.3) is 0 Å². The van der Waals surface area contributed by atoms with Crippen molar-refractivity contribution in [3.8, 4) is 5.75 Å². The number of fused-ring (bicyclic) bond motifs is 1. The van der Waals surface area contributed by atoms with Gasteiger partial charge in [0.1, 0.15) is 11.6 Å². The molecular weight excluding hydrogens is 500 g/mol. The van der Waals surface area contributed by atoms with Crippen LogP contribution >= 0.6 is 39.9 Å². The molecule has 1 unspecified atom stereocenters. The van der Waals surface area contributed by atoms with Gasteiger partial charge in [-0.3, -0.25) is 4.99 Å². The van der Waals surface area contributed by atoms with Crippen LogP contribution in [0.4, 0.5) is 4.39 Å². The third-order valence-electron chi connectivity index (χ3n) is 3.95. The summed E-state index contributed by atoms with van der Waals surface area (Å²) in [6.45, 7) is 1.02. The Balaban J connectivity index is 0.00000225. The fraction of sp³-hybridized carbons (Fsp3) is 0.278. The number of benzene rings is 2. The summed E-state index contributed by atoms with van der Waals surface area (Å²) in [6, 6.07) is 13.1. The first-order valence-electron chi connectivity index (χ1n) is 7.80. The Morgan fingerprint density at radius 1 is 1.32 bits per heavy atom. The van der Waals surface area contributed by atoms with Crippen molar-refractivity contribution in [2.75, 3.05) is 13.7 Å². The second kappa shape index (κ2) is 9.38. The first-order valence-corrected chi connectivity index (χ1v) is 8.59. The molecule has 0 radical (unpaired) electrons. The summed E-state index contributed by atoms with van der Waals surface area (Å²) in [5.74, 6) is 1.29. The maximum absolute atomic E-state index is 13.9. The van der Waals surface area contributed by atoms with E-state index in [1.807, 2.05) is 30.3 Å². The number of ether oxygens (including phenoxy) is 1. The second-order valence-corrected chi connectivity index (χ2v) is 6.45. The van der Waals surface area contributed by atoms with Crippen LogP contribution in [0.1, 0.15) is 23.6 Å². The van der Waals surface area contributed by atoms with E-state index in [2.05, 4.69) is 31.6 Å². The molecule has 1 aliphatic heterocycles. The highest BCUT2D eigenvalue weighted by molar-refractivity contribution is 14.0. The predicted octanol–water partition coefficient (Wildman–Crippen LogP) is 4.40. The summed E-state index contributed by atoms with van der Waals surface area (Å²) in [4.78, 5) is 4.24. The molecule has 2 aromatic rings. The van der Waals surface area contributed by atoms with Crippen LogP contribution < -0.4 is 15.4 Å². The molecule has 0 saturated heterocycles. The summed E-state index contributed by atoms with van der Waals surface area (Å²) in [6.07, 6.45) is 0.852. The average molecular weight is 520 g/mol. The standard InChI is InChI=1S/C18H19BrFN3O.HI/c1-21-18(22-11-12-6-7-13(19)10-15(12)20)23-16-8-9-24-17-5-3-2-4-14(16)17;/h2-7,10,16H,8-9,11H2,1H3,(H2,21,22,23);1H. The normalized spacial score (nSPS) is 16.3. The molecule has 2 N–H and O–H groups in total. The quantitative estimate of drug-likeness (QED) is 0.359. The highest BCUT2D eigenvalue weighted by Crippen LogP contribution is 2.31. The van der Waals surface area contributed by atoms with E-state index >= 15 is 0 Å². The van der Waals surface area contributed by atoms with Crippen LogP contribution in [0.3, 0.4) is 0 Å². The second-order valence-electron chi connectivity index (χ2n) is 5.53. The molecule has 134 valence electrons. The maximum Gasteiger partial charge on any atom is 0.191 e. The average Bonchev–Trinajstić information content (AvgIpc) is 2.60. The Hall–Kier alpha value is -1.35. The highest BCUT2D eigenvalue weighted by Gasteiger charge is 2.21. The lowest BCUT2D eigenvalue weighted by Gasteiger charge is -2.28. The summed E-state index contributed by atoms with van der Waals surface area (Å²) in [5.41, 5.74) is 1.70. The van der Waals surface area contributed by atoms with E-state index < -0.39 is 0 Å². The van der Waals surface area contributed by atoms with Crippen molar-refractivity contribution >= 4 is 45.9 Å². The van der Waals surface area contributed by atoms with Gasteiger partial charge in [0.2, 0.25) is 0 Å². The molecule has 1 heterocycles. The van der Waals surface area contributed by atoms with Crippen LogP contribution in [0.25, 0.3) is 0 Å². The van der Waals surface area contributed by atoms with Crippen molar-refractivity contribution in [3.63, 3.8) is 0 Å². The van der Waals surface area contributed by atoms with Crippen molar-refractivity contribution in [2.45, 2.75) is 19.0 Å². The minimum Gasteiger partial charge on any atom is -0.493 e. The number of aliphatic imine (C=N–C) groups is 1. The minimum atomic E-state index is -0.247. The minimum absolute atomic E-state index is 0. The monoisotopic (exact) mass is 519 g/mol. The lowest BCUT2D eigenvalue weighted by atomic mass is 10.0. The fourth-order valence-electron chi connectivity index (χ4n) is 2.70. The van der Waals surface area contributed by atoms with Gasteiger partial charge in [-0.2, -0.15) is 0 Å². The van der Waals surface area contributed by atoms with Crippen LogP contribution in [0.5, 0.6) is 5.75 Å². The molecule has 0 fully saturated rings. The summed E-state index contributed by atoms with van der Waals surface area (Å²) < 4.78 is 20.3. The summed E-state index contributed by atoms with van der Waals surface area (Å²) in [7, 11) is 1.71. The van der Waals surface area contributed by atoms with Crippen molar-refractivity contribution < 1.29 is 9.13 Å². The van der Waals surface area contributed by atoms with Gasteiger partial charge < -0.3 is 15.4 Å². The third kappa shape index (κ3) is 5.07. The lowest BCUT2D eigenvalue weighted by molar-refractivity contribution is 0.261. The van der Waals surface area contributed by atoms with E-state index in [4.69, 9.17) is 4.74 Å². The van der Waals surface area contributed by atoms with Crippen LogP contribution in [0.15, 0.2) is 51.9 Å². The smallest absolute Gasteiger partial charge is 0.191 e. The van der Waals surface area contributed by atoms with Crippen LogP contribution in [0.2, 0.25) is 0 Å². The molecule has 1 aliphatic rings. The SMILES string of the molecule is CN=C(NCc1ccc(Br)cc1F)NC1CCOc2ccccc21.I. The number of halogens is 3. The first-order chi connectivity index (χ1) is 11.7. The molecule has 1 atom stereocenters. The Kier molecular flexibility index (Phi) is 7.49. The molecule has 0 bridgehead atoms. The van der Waals surface area contributed by atoms with Gasteiger partial charge in [-0.15, -0.1) is 24.0 Å². The van der Waals surface area contributed by atoms with Crippen molar-refractivity contribution in [1.82, 2.24) is 10.6 Å². The number of hydrogen-bond donors (Lipinski definition) is 2. The number of para-hydroxylation sites is 1. The molecule has 2 aromatic carbocycles. The number of hydrogen-bond acceptors (Lipinski definition) is 2. The van der Waals surface area contributed by atoms with Crippen molar-refractivity contribution in [2.24, 2.45) is 4.99 Å². The van der Waals surface area contributed by atoms with Gasteiger partial charge >= 0.3 is 0 Å². The zero-order valence-corrected chi connectivity index (χ0v) is 17.7. The van der Waals surface area contributed by atoms with Gasteiger partial charge in [-0.25, -0.2) is 4.39 Å². The van der Waals surface area contributed by atoms with E-state index in [9.17, 15) is 4.39 Å². The zero-order chi connectivity index (χ0) is 16.9. The van der Waals surface area contributed by atoms with Gasteiger partial charge in [-0.1, -0.05) is 40.2 Å². The molecular formula is C18H20BrFIN3O. The Bertz CT molecular complexity index is 757. The summed E-state index contributed by atoms with van der Waals surface area (Å²) >= 11 is 3.26. The maximum atomic E-state index is 13.9. The van der Waals surface area contributed by atoms with E-state index in [1.165, 1.54) is 6.07 Å². The van der Waals surface area contributed by atoms with E-state index in [1.54, 1.807) is 13.1 Å². The third-order valence-corrected chi connectivity index (χ3v) is 4.45. The van der Waals surface area contributed by atoms with Crippen molar-refractivity contribution in [3.05, 3.63) is 63.9 Å². The Morgan fingerprint density at radius 2 is 2.12 bits per heavy atom. The van der Waals surface area contributed by atoms with Gasteiger partial charge in [-0.05, 0) is 18.2 Å². The molecule has 0 spiro atoms. The summed E-state index contributed by atoms with van der Waals surface area (Å²) in [5, 5.41) is 6.56. The topological polar surface area (TPSA) is 45.7 Å². The van der Waals surface area contributed by atoms with Gasteiger partial charge in [0, 0.05) is 35.6 Å². The first kappa shape index (κ1) is 20.0. The lowest BCUT2D eigenvalue weighted by Crippen LogP contribution is -2.40. The Labute approximate surface area is 172 Å². The largest absolute Gasteiger partial charge is 0.493 e. The molecule has 0 saturated carbocycles. The fourth-order valence-corrected chi connectivity index (χ4v) is 3.03. The molecule has 3 rings (SSSR count). The highest BCUT2D eigenvalue weighted by atomic mass is 127. The van der Waals surface area contributed by atoms with Gasteiger partial charge in [0.15, 0.2) is 5.96 Å². The van der Waals surface area contributed by atoms with Gasteiger partial charge in [0.05, 0.1) is 12.6 Å². The molecule has 0 amide bonds. The van der Waals surface area contributed by atoms with Crippen molar-refractivity contribution in [1.29, 1.82) is 0 Å². The van der Waals surface area contributed by atoms with Crippen LogP contribution in [0, 0.1) is 5.82 Å². The van der Waals surface area contributed by atoms with Crippen LogP contribution in [-0.2, 0) is 6.54 Å². The van der Waals surface area contributed by atoms with E-state index in [0.717, 1.165) is 22.2 Å². The molecule has 4 nitrogen and oxygen atoms in total.